The lowest BCUT2D eigenvalue weighted by Gasteiger charge is -2.31. The highest BCUT2D eigenvalue weighted by atomic mass is 16.2. The van der Waals surface area contributed by atoms with Crippen LogP contribution in [-0.4, -0.2) is 63.3 Å². The van der Waals surface area contributed by atoms with E-state index in [0.29, 0.717) is 11.3 Å². The van der Waals surface area contributed by atoms with Gasteiger partial charge in [-0.15, -0.1) is 0 Å². The maximum atomic E-state index is 12.8. The summed E-state index contributed by atoms with van der Waals surface area (Å²) in [4.78, 5) is 26.0. The smallest absolute Gasteiger partial charge is 0.274 e. The number of hydrogen-bond donors (Lipinski definition) is 0. The van der Waals surface area contributed by atoms with Crippen LogP contribution in [0.1, 0.15) is 16.1 Å². The first-order chi connectivity index (χ1) is 12.1. The van der Waals surface area contributed by atoms with Gasteiger partial charge >= 0.3 is 0 Å². The average Bonchev–Trinajstić information content (AvgIpc) is 3.07. The van der Waals surface area contributed by atoms with Gasteiger partial charge in [-0.1, -0.05) is 29.8 Å². The summed E-state index contributed by atoms with van der Waals surface area (Å²) in [5.74, 6) is -0.00773. The monoisotopic (exact) mass is 335 g/mol. The summed E-state index contributed by atoms with van der Waals surface area (Å²) in [6.07, 6.45) is 5.38. The molecule has 4 rings (SSSR count). The van der Waals surface area contributed by atoms with Crippen molar-refractivity contribution in [2.45, 2.75) is 6.92 Å². The predicted octanol–water partition coefficient (Wildman–Crippen LogP) is 2.09. The number of likely N-dealkylation sites (N-methyl/N-ethyl adjacent to an activating group) is 1. The number of piperazine rings is 1. The largest absolute Gasteiger partial charge is 0.335 e. The van der Waals surface area contributed by atoms with Gasteiger partial charge < -0.3 is 14.2 Å². The summed E-state index contributed by atoms with van der Waals surface area (Å²) >= 11 is 0. The summed E-state index contributed by atoms with van der Waals surface area (Å²) in [6, 6.07) is 8.18. The molecule has 128 valence electrons. The minimum atomic E-state index is -0.00773. The van der Waals surface area contributed by atoms with Gasteiger partial charge in [0.2, 0.25) is 0 Å². The fraction of sp³-hybridized carbons (Fsp3) is 0.316. The average molecular weight is 335 g/mol. The molecule has 0 radical (unpaired) electrons. The number of carbonyl (C=O) groups excluding carboxylic acids is 1. The lowest BCUT2D eigenvalue weighted by molar-refractivity contribution is 0.0659. The Hall–Kier alpha value is -2.73. The van der Waals surface area contributed by atoms with Crippen LogP contribution in [0.2, 0.25) is 0 Å². The van der Waals surface area contributed by atoms with E-state index in [1.807, 2.05) is 27.6 Å². The molecule has 2 aromatic heterocycles. The van der Waals surface area contributed by atoms with E-state index in [1.54, 1.807) is 12.4 Å². The van der Waals surface area contributed by atoms with Gasteiger partial charge in [0.1, 0.15) is 11.4 Å². The van der Waals surface area contributed by atoms with Crippen LogP contribution in [0, 0.1) is 6.92 Å². The second kappa shape index (κ2) is 6.29. The maximum absolute atomic E-state index is 12.8. The van der Waals surface area contributed by atoms with Gasteiger partial charge in [-0.05, 0) is 14.0 Å². The molecule has 3 aromatic rings. The Morgan fingerprint density at radius 1 is 1.08 bits per heavy atom. The normalized spacial score (nSPS) is 15.7. The molecule has 6 nitrogen and oxygen atoms in total. The van der Waals surface area contributed by atoms with Crippen LogP contribution in [0.4, 0.5) is 0 Å². The SMILES string of the molecule is Cc1ccc(-c2nccn3cc(C(=O)N4CCN(C)CC4)nc23)cc1. The second-order valence-corrected chi connectivity index (χ2v) is 6.59. The van der Waals surface area contributed by atoms with Crippen LogP contribution in [-0.2, 0) is 0 Å². The molecule has 1 aliphatic rings. The molecule has 0 spiro atoms. The topological polar surface area (TPSA) is 53.7 Å². The molecule has 0 aliphatic carbocycles. The van der Waals surface area contributed by atoms with Crippen molar-refractivity contribution < 1.29 is 4.79 Å². The molecule has 0 saturated carbocycles. The Balaban J connectivity index is 1.69. The number of benzene rings is 1. The molecule has 0 N–H and O–H groups in total. The van der Waals surface area contributed by atoms with Crippen molar-refractivity contribution in [2.24, 2.45) is 0 Å². The van der Waals surface area contributed by atoms with Crippen molar-refractivity contribution >= 4 is 11.6 Å². The minimum absolute atomic E-state index is 0.00773. The Morgan fingerprint density at radius 3 is 2.52 bits per heavy atom. The first kappa shape index (κ1) is 15.8. The maximum Gasteiger partial charge on any atom is 0.274 e. The zero-order chi connectivity index (χ0) is 17.4. The molecule has 25 heavy (non-hydrogen) atoms. The number of aryl methyl sites for hydroxylation is 1. The molecule has 1 fully saturated rings. The minimum Gasteiger partial charge on any atom is -0.335 e. The number of hydrogen-bond acceptors (Lipinski definition) is 4. The fourth-order valence-electron chi connectivity index (χ4n) is 3.11. The lowest BCUT2D eigenvalue weighted by Crippen LogP contribution is -2.47. The molecular weight excluding hydrogens is 314 g/mol. The van der Waals surface area contributed by atoms with Crippen LogP contribution in [0.15, 0.2) is 42.9 Å². The van der Waals surface area contributed by atoms with Gasteiger partial charge in [-0.2, -0.15) is 0 Å². The van der Waals surface area contributed by atoms with E-state index in [1.165, 1.54) is 5.56 Å². The van der Waals surface area contributed by atoms with Crippen molar-refractivity contribution in [3.63, 3.8) is 0 Å². The van der Waals surface area contributed by atoms with Crippen LogP contribution in [0.3, 0.4) is 0 Å². The van der Waals surface area contributed by atoms with Crippen molar-refractivity contribution in [1.82, 2.24) is 24.2 Å². The molecular formula is C19H21N5O. The van der Waals surface area contributed by atoms with Crippen LogP contribution < -0.4 is 0 Å². The molecule has 0 unspecified atom stereocenters. The van der Waals surface area contributed by atoms with E-state index >= 15 is 0 Å². The molecule has 0 atom stereocenters. The summed E-state index contributed by atoms with van der Waals surface area (Å²) in [6.45, 7) is 5.34. The number of rotatable bonds is 2. The van der Waals surface area contributed by atoms with Crippen LogP contribution in [0.5, 0.6) is 0 Å². The Morgan fingerprint density at radius 2 is 1.80 bits per heavy atom. The molecule has 1 amide bonds. The number of aromatic nitrogens is 3. The van der Waals surface area contributed by atoms with Crippen molar-refractivity contribution in [1.29, 1.82) is 0 Å². The number of amides is 1. The Bertz CT molecular complexity index is 907. The van der Waals surface area contributed by atoms with Crippen molar-refractivity contribution in [3.8, 4) is 11.3 Å². The van der Waals surface area contributed by atoms with Crippen molar-refractivity contribution in [3.05, 3.63) is 54.1 Å². The summed E-state index contributed by atoms with van der Waals surface area (Å²) in [5, 5.41) is 0. The van der Waals surface area contributed by atoms with E-state index in [-0.39, 0.29) is 5.91 Å². The summed E-state index contributed by atoms with van der Waals surface area (Å²) in [5.41, 5.74) is 4.18. The highest BCUT2D eigenvalue weighted by molar-refractivity contribution is 5.93. The van der Waals surface area contributed by atoms with Gasteiger partial charge in [0, 0.05) is 50.3 Å². The first-order valence-electron chi connectivity index (χ1n) is 8.50. The second-order valence-electron chi connectivity index (χ2n) is 6.59. The summed E-state index contributed by atoms with van der Waals surface area (Å²) < 4.78 is 1.88. The predicted molar refractivity (Wildman–Crippen MR) is 96.6 cm³/mol. The summed E-state index contributed by atoms with van der Waals surface area (Å²) in [7, 11) is 2.08. The lowest BCUT2D eigenvalue weighted by atomic mass is 10.1. The quantitative estimate of drug-likeness (QED) is 0.720. The van der Waals surface area contributed by atoms with E-state index in [4.69, 9.17) is 0 Å². The molecule has 0 bridgehead atoms. The van der Waals surface area contributed by atoms with E-state index in [2.05, 4.69) is 41.0 Å². The number of nitrogens with zero attached hydrogens (tertiary/aromatic N) is 5. The van der Waals surface area contributed by atoms with Crippen molar-refractivity contribution in [2.75, 3.05) is 33.2 Å². The number of carbonyl (C=O) groups is 1. The third kappa shape index (κ3) is 3.00. The fourth-order valence-corrected chi connectivity index (χ4v) is 3.11. The van der Waals surface area contributed by atoms with E-state index in [9.17, 15) is 4.79 Å². The first-order valence-corrected chi connectivity index (χ1v) is 8.50. The highest BCUT2D eigenvalue weighted by Crippen LogP contribution is 2.22. The molecule has 1 aromatic carbocycles. The highest BCUT2D eigenvalue weighted by Gasteiger charge is 2.23. The van der Waals surface area contributed by atoms with E-state index in [0.717, 1.165) is 37.4 Å². The number of imidazole rings is 1. The molecule has 1 aliphatic heterocycles. The zero-order valence-electron chi connectivity index (χ0n) is 14.5. The molecule has 3 heterocycles. The van der Waals surface area contributed by atoms with Gasteiger partial charge in [0.05, 0.1) is 0 Å². The van der Waals surface area contributed by atoms with Gasteiger partial charge in [0.15, 0.2) is 5.65 Å². The van der Waals surface area contributed by atoms with Crippen LogP contribution >= 0.6 is 0 Å². The third-order valence-electron chi connectivity index (χ3n) is 4.71. The van der Waals surface area contributed by atoms with Gasteiger partial charge in [-0.3, -0.25) is 9.78 Å². The Kier molecular flexibility index (Phi) is 3.97. The number of fused-ring (bicyclic) bond motifs is 1. The molecule has 6 heteroatoms. The van der Waals surface area contributed by atoms with Gasteiger partial charge in [-0.25, -0.2) is 4.98 Å². The van der Waals surface area contributed by atoms with E-state index < -0.39 is 0 Å². The zero-order valence-corrected chi connectivity index (χ0v) is 14.5. The third-order valence-corrected chi connectivity index (χ3v) is 4.71. The van der Waals surface area contributed by atoms with Gasteiger partial charge in [0.25, 0.3) is 5.91 Å². The molecule has 1 saturated heterocycles. The van der Waals surface area contributed by atoms with Crippen LogP contribution in [0.25, 0.3) is 16.9 Å². The Labute approximate surface area is 146 Å². The standard InChI is InChI=1S/C19H21N5O/c1-14-3-5-15(6-4-14)17-18-21-16(13-24(18)8-7-20-17)19(25)23-11-9-22(2)10-12-23/h3-8,13H,9-12H2,1-2H3.